The van der Waals surface area contributed by atoms with E-state index in [2.05, 4.69) is 4.74 Å². The number of hydrogen-bond donors (Lipinski definition) is 1. The quantitative estimate of drug-likeness (QED) is 0.825. The van der Waals surface area contributed by atoms with Gasteiger partial charge in [-0.15, -0.1) is 13.2 Å². The zero-order valence-electron chi connectivity index (χ0n) is 9.58. The van der Waals surface area contributed by atoms with Gasteiger partial charge in [0.25, 0.3) is 0 Å². The van der Waals surface area contributed by atoms with Gasteiger partial charge < -0.3 is 4.74 Å². The molecular formula is C9H8Cl2F3NO4S. The molecule has 0 aromatic heterocycles. The highest BCUT2D eigenvalue weighted by molar-refractivity contribution is 7.89. The Hall–Kier alpha value is -0.740. The first-order valence-corrected chi connectivity index (χ1v) is 7.16. The fourth-order valence-corrected chi connectivity index (χ4v) is 2.52. The number of rotatable bonds is 5. The number of nitrogens with two attached hydrogens (primary N) is 1. The van der Waals surface area contributed by atoms with Crippen LogP contribution in [-0.4, -0.2) is 28.0 Å². The summed E-state index contributed by atoms with van der Waals surface area (Å²) < 4.78 is 65.8. The van der Waals surface area contributed by atoms with Crippen LogP contribution in [0.4, 0.5) is 13.2 Å². The molecule has 0 heterocycles. The Bertz CT molecular complexity index is 592. The van der Waals surface area contributed by atoms with Crippen LogP contribution < -0.4 is 9.88 Å². The van der Waals surface area contributed by atoms with Crippen LogP contribution in [0.5, 0.6) is 5.75 Å². The summed E-state index contributed by atoms with van der Waals surface area (Å²) in [5, 5.41) is 4.47. The molecule has 0 fully saturated rings. The highest BCUT2D eigenvalue weighted by atomic mass is 35.5. The fourth-order valence-electron chi connectivity index (χ4n) is 1.15. The third kappa shape index (κ3) is 5.33. The molecule has 1 aromatic rings. The molecule has 5 nitrogen and oxygen atoms in total. The molecule has 2 N–H and O–H groups in total. The lowest BCUT2D eigenvalue weighted by Crippen LogP contribution is -2.18. The van der Waals surface area contributed by atoms with Gasteiger partial charge in [0.05, 0.1) is 16.7 Å². The van der Waals surface area contributed by atoms with Gasteiger partial charge in [-0.05, 0) is 6.07 Å². The van der Waals surface area contributed by atoms with E-state index in [1.165, 1.54) is 0 Å². The molecule has 0 aliphatic carbocycles. The van der Waals surface area contributed by atoms with Crippen molar-refractivity contribution in [3.05, 3.63) is 22.2 Å². The zero-order chi connectivity index (χ0) is 15.6. The largest absolute Gasteiger partial charge is 0.522 e. The summed E-state index contributed by atoms with van der Waals surface area (Å²) in [4.78, 5) is -0.414. The van der Waals surface area contributed by atoms with Crippen LogP contribution in [0.1, 0.15) is 0 Å². The molecule has 1 rings (SSSR count). The normalized spacial score (nSPS) is 12.5. The summed E-state index contributed by atoms with van der Waals surface area (Å²) in [6, 6.07) is 1.98. The Kier molecular flexibility index (Phi) is 5.50. The maximum atomic E-state index is 11.7. The van der Waals surface area contributed by atoms with Gasteiger partial charge >= 0.3 is 6.36 Å². The Morgan fingerprint density at radius 2 is 1.75 bits per heavy atom. The molecule has 11 heteroatoms. The molecule has 0 atom stereocenters. The number of benzene rings is 1. The monoisotopic (exact) mass is 353 g/mol. The molecule has 114 valence electrons. The van der Waals surface area contributed by atoms with E-state index in [-0.39, 0.29) is 15.8 Å². The van der Waals surface area contributed by atoms with Crippen molar-refractivity contribution in [2.24, 2.45) is 5.14 Å². The van der Waals surface area contributed by atoms with Crippen LogP contribution in [-0.2, 0) is 14.8 Å². The molecule has 1 aromatic carbocycles. The van der Waals surface area contributed by atoms with E-state index >= 15 is 0 Å². The minimum atomic E-state index is -4.76. The van der Waals surface area contributed by atoms with Gasteiger partial charge in [0, 0.05) is 6.07 Å². The number of halogens is 5. The minimum Gasteiger partial charge on any atom is -0.490 e. The first-order chi connectivity index (χ1) is 9.00. The second-order valence-corrected chi connectivity index (χ2v) is 5.74. The zero-order valence-corrected chi connectivity index (χ0v) is 11.9. The van der Waals surface area contributed by atoms with Crippen molar-refractivity contribution in [3.8, 4) is 5.75 Å². The number of hydrogen-bond acceptors (Lipinski definition) is 4. The highest BCUT2D eigenvalue weighted by Crippen LogP contribution is 2.33. The molecule has 0 unspecified atom stereocenters. The first-order valence-electron chi connectivity index (χ1n) is 4.86. The maximum absolute atomic E-state index is 11.7. The summed E-state index contributed by atoms with van der Waals surface area (Å²) in [7, 11) is -4.06. The van der Waals surface area contributed by atoms with Crippen molar-refractivity contribution in [2.45, 2.75) is 11.3 Å². The molecule has 0 saturated carbocycles. The lowest BCUT2D eigenvalue weighted by atomic mass is 10.3. The SMILES string of the molecule is NS(=O)(=O)c1cc(Cl)c(OCCOC(F)(F)F)cc1Cl. The molecule has 0 bridgehead atoms. The average molecular weight is 354 g/mol. The molecule has 0 aliphatic rings. The summed E-state index contributed by atoms with van der Waals surface area (Å²) in [6.07, 6.45) is -4.76. The van der Waals surface area contributed by atoms with Gasteiger partial charge in [-0.1, -0.05) is 23.2 Å². The molecule has 0 amide bonds. The third-order valence-electron chi connectivity index (χ3n) is 1.90. The second-order valence-electron chi connectivity index (χ2n) is 3.40. The van der Waals surface area contributed by atoms with Gasteiger partial charge in [0.2, 0.25) is 10.0 Å². The van der Waals surface area contributed by atoms with E-state index < -0.39 is 34.5 Å². The van der Waals surface area contributed by atoms with Crippen LogP contribution >= 0.6 is 23.2 Å². The van der Waals surface area contributed by atoms with Crippen molar-refractivity contribution in [1.29, 1.82) is 0 Å². The van der Waals surface area contributed by atoms with Crippen molar-refractivity contribution >= 4 is 33.2 Å². The van der Waals surface area contributed by atoms with Crippen LogP contribution in [0.2, 0.25) is 10.0 Å². The van der Waals surface area contributed by atoms with Gasteiger partial charge in [-0.2, -0.15) is 0 Å². The molecular weight excluding hydrogens is 346 g/mol. The Morgan fingerprint density at radius 3 is 2.25 bits per heavy atom. The number of alkyl halides is 3. The second kappa shape index (κ2) is 6.35. The standard InChI is InChI=1S/C9H8Cl2F3NO4S/c10-5-4-8(20(15,16)17)6(11)3-7(5)18-1-2-19-9(12,13)14/h3-4H,1-2H2,(H2,15,16,17). The van der Waals surface area contributed by atoms with Gasteiger partial charge in [-0.3, -0.25) is 4.74 Å². The van der Waals surface area contributed by atoms with Crippen LogP contribution in [0.25, 0.3) is 0 Å². The van der Waals surface area contributed by atoms with Crippen molar-refractivity contribution in [1.82, 2.24) is 0 Å². The number of sulfonamides is 1. The molecule has 0 radical (unpaired) electrons. The molecule has 0 saturated heterocycles. The van der Waals surface area contributed by atoms with Crippen LogP contribution in [0, 0.1) is 0 Å². The third-order valence-corrected chi connectivity index (χ3v) is 3.57. The fraction of sp³-hybridized carbons (Fsp3) is 0.333. The van der Waals surface area contributed by atoms with E-state index in [9.17, 15) is 21.6 Å². The lowest BCUT2D eigenvalue weighted by molar-refractivity contribution is -0.325. The van der Waals surface area contributed by atoms with Crippen LogP contribution in [0.3, 0.4) is 0 Å². The first kappa shape index (κ1) is 17.3. The maximum Gasteiger partial charge on any atom is 0.522 e. The average Bonchev–Trinajstić information content (AvgIpc) is 2.25. The minimum absolute atomic E-state index is 0.0881. The van der Waals surface area contributed by atoms with E-state index in [0.29, 0.717) is 0 Å². The van der Waals surface area contributed by atoms with E-state index in [1.54, 1.807) is 0 Å². The lowest BCUT2D eigenvalue weighted by Gasteiger charge is -2.11. The summed E-state index contributed by atoms with van der Waals surface area (Å²) in [5.74, 6) is -0.0881. The Labute approximate surface area is 122 Å². The van der Waals surface area contributed by atoms with Gasteiger partial charge in [-0.25, -0.2) is 13.6 Å². The van der Waals surface area contributed by atoms with Gasteiger partial charge in [0.1, 0.15) is 17.3 Å². The van der Waals surface area contributed by atoms with Crippen molar-refractivity contribution < 1.29 is 31.1 Å². The van der Waals surface area contributed by atoms with Crippen molar-refractivity contribution in [3.63, 3.8) is 0 Å². The summed E-state index contributed by atoms with van der Waals surface area (Å²) in [5.41, 5.74) is 0. The molecule has 0 aliphatic heterocycles. The predicted molar refractivity (Wildman–Crippen MR) is 65.3 cm³/mol. The molecule has 20 heavy (non-hydrogen) atoms. The van der Waals surface area contributed by atoms with Crippen molar-refractivity contribution in [2.75, 3.05) is 13.2 Å². The number of ether oxygens (including phenoxy) is 2. The molecule has 0 spiro atoms. The van der Waals surface area contributed by atoms with E-state index in [1.807, 2.05) is 0 Å². The van der Waals surface area contributed by atoms with Gasteiger partial charge in [0.15, 0.2) is 0 Å². The van der Waals surface area contributed by atoms with Crippen LogP contribution in [0.15, 0.2) is 17.0 Å². The van der Waals surface area contributed by atoms with E-state index in [0.717, 1.165) is 12.1 Å². The Morgan fingerprint density at radius 1 is 1.15 bits per heavy atom. The predicted octanol–water partition coefficient (Wildman–Crippen LogP) is 2.56. The summed E-state index contributed by atoms with van der Waals surface area (Å²) in [6.45, 7) is -1.21. The number of primary sulfonamides is 1. The Balaban J connectivity index is 2.76. The topological polar surface area (TPSA) is 78.6 Å². The highest BCUT2D eigenvalue weighted by Gasteiger charge is 2.28. The smallest absolute Gasteiger partial charge is 0.490 e. The summed E-state index contributed by atoms with van der Waals surface area (Å²) >= 11 is 11.4. The van der Waals surface area contributed by atoms with E-state index in [4.69, 9.17) is 33.1 Å².